The van der Waals surface area contributed by atoms with Crippen LogP contribution < -0.4 is 10.2 Å². The van der Waals surface area contributed by atoms with Crippen molar-refractivity contribution in [2.45, 2.75) is 12.5 Å². The van der Waals surface area contributed by atoms with Gasteiger partial charge in [0.05, 0.1) is 11.9 Å². The van der Waals surface area contributed by atoms with Crippen molar-refractivity contribution in [1.29, 1.82) is 0 Å². The molecule has 2 heterocycles. The molecule has 1 amide bonds. The summed E-state index contributed by atoms with van der Waals surface area (Å²) in [6.45, 7) is 1.72. The molecule has 1 aromatic carbocycles. The number of hydrogen-bond donors (Lipinski definition) is 2. The van der Waals surface area contributed by atoms with E-state index in [1.165, 1.54) is 6.20 Å². The van der Waals surface area contributed by atoms with Crippen LogP contribution in [0.25, 0.3) is 0 Å². The van der Waals surface area contributed by atoms with Crippen LogP contribution in [0.5, 0.6) is 0 Å². The lowest BCUT2D eigenvalue weighted by Crippen LogP contribution is -2.37. The molecule has 1 aliphatic heterocycles. The van der Waals surface area contributed by atoms with Gasteiger partial charge in [-0.05, 0) is 34.5 Å². The second kappa shape index (κ2) is 5.62. The molecule has 0 saturated carbocycles. The Morgan fingerprint density at radius 3 is 3.05 bits per heavy atom. The van der Waals surface area contributed by atoms with Gasteiger partial charge in [-0.15, -0.1) is 0 Å². The maximum absolute atomic E-state index is 11.9. The summed E-state index contributed by atoms with van der Waals surface area (Å²) in [5.41, 5.74) is 1.48. The van der Waals surface area contributed by atoms with Gasteiger partial charge in [0.2, 0.25) is 0 Å². The number of amides is 1. The first-order chi connectivity index (χ1) is 9.74. The van der Waals surface area contributed by atoms with Gasteiger partial charge in [0, 0.05) is 23.6 Å². The van der Waals surface area contributed by atoms with E-state index in [1.807, 2.05) is 18.2 Å². The molecule has 2 N–H and O–H groups in total. The zero-order chi connectivity index (χ0) is 13.9. The number of anilines is 1. The molecule has 1 fully saturated rings. The normalized spacial score (nSPS) is 18.2. The summed E-state index contributed by atoms with van der Waals surface area (Å²) in [5.74, 6) is -0.183. The van der Waals surface area contributed by atoms with Crippen molar-refractivity contribution in [3.05, 3.63) is 40.6 Å². The van der Waals surface area contributed by atoms with Crippen LogP contribution in [0.4, 0.5) is 5.69 Å². The zero-order valence-electron chi connectivity index (χ0n) is 10.7. The predicted octanol–water partition coefficient (Wildman–Crippen LogP) is 1.58. The summed E-state index contributed by atoms with van der Waals surface area (Å²) in [6.07, 6.45) is 2.35. The van der Waals surface area contributed by atoms with E-state index in [0.29, 0.717) is 5.69 Å². The van der Waals surface area contributed by atoms with E-state index in [1.54, 1.807) is 0 Å². The van der Waals surface area contributed by atoms with Gasteiger partial charge in [-0.25, -0.2) is 0 Å². The minimum atomic E-state index is -0.183. The van der Waals surface area contributed by atoms with Crippen molar-refractivity contribution in [1.82, 2.24) is 20.7 Å². The third-order valence-corrected chi connectivity index (χ3v) is 4.03. The third-order valence-electron chi connectivity index (χ3n) is 3.36. The Morgan fingerprint density at radius 2 is 2.30 bits per heavy atom. The molecule has 0 unspecified atom stereocenters. The van der Waals surface area contributed by atoms with Crippen molar-refractivity contribution in [3.8, 4) is 0 Å². The molecule has 2 aromatic rings. The Balaban J connectivity index is 1.63. The van der Waals surface area contributed by atoms with Crippen LogP contribution in [-0.4, -0.2) is 40.4 Å². The summed E-state index contributed by atoms with van der Waals surface area (Å²) < 4.78 is 1.07. The molecule has 0 bridgehead atoms. The van der Waals surface area contributed by atoms with E-state index in [9.17, 15) is 4.79 Å². The second-order valence-corrected chi connectivity index (χ2v) is 5.57. The topological polar surface area (TPSA) is 73.9 Å². The number of nitrogens with zero attached hydrogens (tertiary/aromatic N) is 3. The van der Waals surface area contributed by atoms with Gasteiger partial charge in [0.15, 0.2) is 5.69 Å². The first-order valence-electron chi connectivity index (χ1n) is 6.40. The molecule has 0 aliphatic carbocycles. The molecule has 0 spiro atoms. The minimum Gasteiger partial charge on any atom is -0.368 e. The number of halogens is 1. The smallest absolute Gasteiger partial charge is 0.273 e. The maximum Gasteiger partial charge on any atom is 0.273 e. The first kappa shape index (κ1) is 13.1. The Bertz CT molecular complexity index is 601. The monoisotopic (exact) mass is 335 g/mol. The number of hydrogen-bond acceptors (Lipinski definition) is 4. The van der Waals surface area contributed by atoms with Crippen molar-refractivity contribution in [2.75, 3.05) is 18.0 Å². The number of nitrogens with one attached hydrogen (secondary N) is 2. The number of benzene rings is 1. The Kier molecular flexibility index (Phi) is 3.68. The Labute approximate surface area is 124 Å². The van der Waals surface area contributed by atoms with Gasteiger partial charge >= 0.3 is 0 Å². The lowest BCUT2D eigenvalue weighted by molar-refractivity contribution is 0.0935. The second-order valence-electron chi connectivity index (χ2n) is 4.71. The number of aromatic amines is 1. The van der Waals surface area contributed by atoms with Crippen molar-refractivity contribution in [3.63, 3.8) is 0 Å². The molecule has 3 rings (SSSR count). The average molecular weight is 336 g/mol. The molecule has 7 heteroatoms. The Hall–Kier alpha value is -1.89. The van der Waals surface area contributed by atoms with E-state index >= 15 is 0 Å². The highest BCUT2D eigenvalue weighted by molar-refractivity contribution is 9.10. The van der Waals surface area contributed by atoms with Crippen LogP contribution in [0.3, 0.4) is 0 Å². The van der Waals surface area contributed by atoms with Crippen LogP contribution in [0.15, 0.2) is 34.9 Å². The zero-order valence-corrected chi connectivity index (χ0v) is 12.3. The number of carbonyl (C=O) groups excluding carboxylic acids is 1. The number of para-hydroxylation sites is 1. The van der Waals surface area contributed by atoms with Crippen molar-refractivity contribution in [2.24, 2.45) is 0 Å². The van der Waals surface area contributed by atoms with Crippen LogP contribution in [0.2, 0.25) is 0 Å². The maximum atomic E-state index is 11.9. The van der Waals surface area contributed by atoms with Crippen molar-refractivity contribution < 1.29 is 4.79 Å². The van der Waals surface area contributed by atoms with Crippen LogP contribution in [0.1, 0.15) is 16.9 Å². The summed E-state index contributed by atoms with van der Waals surface area (Å²) in [5, 5.41) is 12.8. The fraction of sp³-hybridized carbons (Fsp3) is 0.308. The van der Waals surface area contributed by atoms with Gasteiger partial charge in [-0.2, -0.15) is 15.4 Å². The summed E-state index contributed by atoms with van der Waals surface area (Å²) in [7, 11) is 0. The summed E-state index contributed by atoms with van der Waals surface area (Å²) in [4.78, 5) is 14.2. The third kappa shape index (κ3) is 2.67. The highest BCUT2D eigenvalue weighted by atomic mass is 79.9. The van der Waals surface area contributed by atoms with E-state index in [-0.39, 0.29) is 11.9 Å². The molecule has 6 nitrogen and oxygen atoms in total. The molecule has 1 aliphatic rings. The first-order valence-corrected chi connectivity index (χ1v) is 7.19. The average Bonchev–Trinajstić information content (AvgIpc) is 3.10. The lowest BCUT2D eigenvalue weighted by atomic mass is 10.2. The summed E-state index contributed by atoms with van der Waals surface area (Å²) >= 11 is 3.56. The number of H-pyrrole nitrogens is 1. The fourth-order valence-electron chi connectivity index (χ4n) is 2.38. The van der Waals surface area contributed by atoms with Gasteiger partial charge < -0.3 is 10.2 Å². The number of carbonyl (C=O) groups is 1. The molecule has 0 radical (unpaired) electrons. The molecular weight excluding hydrogens is 322 g/mol. The standard InChI is InChI=1S/C13H14BrN5O/c14-10-3-1-2-4-12(10)19-6-5-9(8-19)16-13(20)11-7-15-18-17-11/h1-4,7,9H,5-6,8H2,(H,16,20)(H,15,17,18)/t9-/m1/s1. The fourth-order valence-corrected chi connectivity index (χ4v) is 2.91. The molecule has 1 atom stereocenters. The Morgan fingerprint density at radius 1 is 1.45 bits per heavy atom. The van der Waals surface area contributed by atoms with Gasteiger partial charge in [0.25, 0.3) is 5.91 Å². The molecule has 104 valence electrons. The minimum absolute atomic E-state index is 0.131. The van der Waals surface area contributed by atoms with E-state index in [0.717, 1.165) is 29.7 Å². The number of rotatable bonds is 3. The van der Waals surface area contributed by atoms with Gasteiger partial charge in [-0.3, -0.25) is 4.79 Å². The molecular formula is C13H14BrN5O. The van der Waals surface area contributed by atoms with Crippen LogP contribution >= 0.6 is 15.9 Å². The van der Waals surface area contributed by atoms with Crippen LogP contribution in [-0.2, 0) is 0 Å². The van der Waals surface area contributed by atoms with E-state index in [2.05, 4.69) is 47.6 Å². The SMILES string of the molecule is O=C(N[C@@H]1CCN(c2ccccc2Br)C1)c1cn[nH]n1. The predicted molar refractivity (Wildman–Crippen MR) is 78.6 cm³/mol. The van der Waals surface area contributed by atoms with Crippen molar-refractivity contribution >= 4 is 27.5 Å². The summed E-state index contributed by atoms with van der Waals surface area (Å²) in [6, 6.07) is 8.24. The van der Waals surface area contributed by atoms with Gasteiger partial charge in [-0.1, -0.05) is 12.1 Å². The van der Waals surface area contributed by atoms with Crippen LogP contribution in [0, 0.1) is 0 Å². The van der Waals surface area contributed by atoms with Gasteiger partial charge in [0.1, 0.15) is 0 Å². The van der Waals surface area contributed by atoms with E-state index in [4.69, 9.17) is 0 Å². The largest absolute Gasteiger partial charge is 0.368 e. The molecule has 1 saturated heterocycles. The molecule has 20 heavy (non-hydrogen) atoms. The van der Waals surface area contributed by atoms with E-state index < -0.39 is 0 Å². The highest BCUT2D eigenvalue weighted by Crippen LogP contribution is 2.28. The lowest BCUT2D eigenvalue weighted by Gasteiger charge is -2.20. The quantitative estimate of drug-likeness (QED) is 0.892. The number of aromatic nitrogens is 3. The highest BCUT2D eigenvalue weighted by Gasteiger charge is 2.25. The molecule has 1 aromatic heterocycles.